The summed E-state index contributed by atoms with van der Waals surface area (Å²) < 4.78 is 174. The third kappa shape index (κ3) is 4.30. The molecule has 2 unspecified atom stereocenters. The van der Waals surface area contributed by atoms with Crippen molar-refractivity contribution in [2.75, 3.05) is 0 Å². The minimum absolute atomic E-state index is 0.401. The van der Waals surface area contributed by atoms with E-state index >= 15 is 0 Å². The Bertz CT molecular complexity index is 535. The molecule has 2 nitrogen and oxygen atoms in total. The summed E-state index contributed by atoms with van der Waals surface area (Å²) in [5.74, 6) is -19.2. The van der Waals surface area contributed by atoms with Gasteiger partial charge >= 0.3 is 45.0 Å². The molecule has 0 aliphatic carbocycles. The summed E-state index contributed by atoms with van der Waals surface area (Å²) in [6, 6.07) is -0.790. The molecule has 27 heavy (non-hydrogen) atoms. The van der Waals surface area contributed by atoms with Gasteiger partial charge in [-0.25, -0.2) is 8.78 Å². The van der Waals surface area contributed by atoms with E-state index in [2.05, 4.69) is 8.85 Å². The average molecular weight is 450 g/mol. The largest absolute Gasteiger partial charge is 0.481 e. The Hall–Kier alpha value is -0.773. The van der Waals surface area contributed by atoms with E-state index in [4.69, 9.17) is 0 Å². The molecule has 0 aromatic carbocycles. The molecule has 1 saturated heterocycles. The molecule has 0 spiro atoms. The van der Waals surface area contributed by atoms with Crippen LogP contribution in [0.15, 0.2) is 0 Å². The molecule has 0 aromatic rings. The molecular weight excluding hydrogens is 439 g/mol. The maximum absolute atomic E-state index is 13.8. The number of rotatable bonds is 6. The van der Waals surface area contributed by atoms with Gasteiger partial charge < -0.3 is 8.85 Å². The maximum Gasteiger partial charge on any atom is 0.481 e. The lowest BCUT2D eigenvalue weighted by Crippen LogP contribution is -2.65. The van der Waals surface area contributed by atoms with Crippen LogP contribution < -0.4 is 0 Å². The maximum atomic E-state index is 13.8. The van der Waals surface area contributed by atoms with Crippen LogP contribution in [0, 0.1) is 0 Å². The third-order valence-corrected chi connectivity index (χ3v) is 6.41. The highest BCUT2D eigenvalue weighted by molar-refractivity contribution is 6.66. The van der Waals surface area contributed by atoms with Crippen molar-refractivity contribution in [2.24, 2.45) is 0 Å². The fourth-order valence-electron chi connectivity index (χ4n) is 2.25. The van der Waals surface area contributed by atoms with Crippen LogP contribution in [-0.2, 0) is 8.85 Å². The van der Waals surface area contributed by atoms with Gasteiger partial charge in [0, 0.05) is 0 Å². The SMILES string of the molecule is C[Si]1(OC(F)(F)C(F)(F)F)CCCC(C(F)(F)C(F)(F)C(F)(F)C(F)F)O1. The quantitative estimate of drug-likeness (QED) is 0.389. The molecular formula is C11H11F13O2Si. The van der Waals surface area contributed by atoms with Crippen molar-refractivity contribution in [1.82, 2.24) is 0 Å². The number of hydrogen-bond acceptors (Lipinski definition) is 2. The Kier molecular flexibility index (Phi) is 6.23. The van der Waals surface area contributed by atoms with E-state index in [1.54, 1.807) is 0 Å². The Labute approximate surface area is 143 Å². The standard InChI is InChI=1S/C11H11F13O2Si/c1-27(26-11(23,24)10(20,21)22)4-2-3-5(25-27)7(14,15)9(18,19)8(16,17)6(12)13/h5-6H,2-4H2,1H3. The van der Waals surface area contributed by atoms with Gasteiger partial charge in [0.2, 0.25) is 0 Å². The lowest BCUT2D eigenvalue weighted by molar-refractivity contribution is -0.375. The summed E-state index contributed by atoms with van der Waals surface area (Å²) in [6.07, 6.45) is -22.7. The van der Waals surface area contributed by atoms with E-state index < -0.39 is 70.0 Å². The average Bonchev–Trinajstić information content (AvgIpc) is 2.44. The van der Waals surface area contributed by atoms with Crippen molar-refractivity contribution in [2.45, 2.75) is 68.0 Å². The van der Waals surface area contributed by atoms with Crippen LogP contribution in [0.3, 0.4) is 0 Å². The van der Waals surface area contributed by atoms with Crippen LogP contribution in [0.4, 0.5) is 57.1 Å². The van der Waals surface area contributed by atoms with Crippen molar-refractivity contribution in [3.63, 3.8) is 0 Å². The summed E-state index contributed by atoms with van der Waals surface area (Å²) in [7, 11) is -4.94. The van der Waals surface area contributed by atoms with Crippen LogP contribution in [0.5, 0.6) is 0 Å². The highest BCUT2D eigenvalue weighted by Gasteiger charge is 2.78. The first-order valence-electron chi connectivity index (χ1n) is 6.95. The lowest BCUT2D eigenvalue weighted by Gasteiger charge is -2.43. The summed E-state index contributed by atoms with van der Waals surface area (Å²) in [5.41, 5.74) is 0. The smallest absolute Gasteiger partial charge is 0.385 e. The summed E-state index contributed by atoms with van der Waals surface area (Å²) in [4.78, 5) is 0. The fraction of sp³-hybridized carbons (Fsp3) is 1.00. The molecule has 1 fully saturated rings. The molecule has 1 rings (SSSR count). The Balaban J connectivity index is 3.15. The molecule has 1 aliphatic heterocycles. The molecule has 0 saturated carbocycles. The normalized spacial score (nSPS) is 26.6. The minimum Gasteiger partial charge on any atom is -0.385 e. The molecule has 0 N–H and O–H groups in total. The second-order valence-electron chi connectivity index (χ2n) is 5.87. The summed E-state index contributed by atoms with van der Waals surface area (Å²) >= 11 is 0. The van der Waals surface area contributed by atoms with Gasteiger partial charge in [-0.2, -0.15) is 48.3 Å². The molecule has 0 radical (unpaired) electrons. The van der Waals surface area contributed by atoms with Gasteiger partial charge in [-0.3, -0.25) is 0 Å². The topological polar surface area (TPSA) is 18.5 Å². The van der Waals surface area contributed by atoms with Crippen molar-refractivity contribution in [1.29, 1.82) is 0 Å². The predicted octanol–water partition coefficient (Wildman–Crippen LogP) is 5.58. The minimum atomic E-state index is -6.68. The van der Waals surface area contributed by atoms with Gasteiger partial charge in [0.15, 0.2) is 0 Å². The van der Waals surface area contributed by atoms with Crippen LogP contribution in [0.2, 0.25) is 12.6 Å². The molecule has 0 aromatic heterocycles. The van der Waals surface area contributed by atoms with Gasteiger partial charge in [-0.15, -0.1) is 0 Å². The van der Waals surface area contributed by atoms with E-state index in [0.29, 0.717) is 6.55 Å². The van der Waals surface area contributed by atoms with Gasteiger partial charge in [0.1, 0.15) is 6.10 Å². The van der Waals surface area contributed by atoms with Crippen LogP contribution in [0.25, 0.3) is 0 Å². The lowest BCUT2D eigenvalue weighted by atomic mass is 9.97. The molecule has 0 bridgehead atoms. The first-order chi connectivity index (χ1) is 11.7. The van der Waals surface area contributed by atoms with Gasteiger partial charge in [-0.05, 0) is 25.4 Å². The Morgan fingerprint density at radius 1 is 0.926 bits per heavy atom. The molecule has 1 heterocycles. The molecule has 1 aliphatic rings. The van der Waals surface area contributed by atoms with E-state index in [-0.39, 0.29) is 0 Å². The molecule has 2 atom stereocenters. The monoisotopic (exact) mass is 450 g/mol. The van der Waals surface area contributed by atoms with E-state index in [9.17, 15) is 57.1 Å². The first-order valence-corrected chi connectivity index (χ1v) is 9.48. The van der Waals surface area contributed by atoms with E-state index in [0.717, 1.165) is 0 Å². The van der Waals surface area contributed by atoms with Crippen molar-refractivity contribution < 1.29 is 65.9 Å². The second kappa shape index (κ2) is 6.93. The fourth-order valence-corrected chi connectivity index (χ4v) is 4.89. The molecule has 16 heteroatoms. The third-order valence-electron chi connectivity index (χ3n) is 3.68. The van der Waals surface area contributed by atoms with E-state index in [1.165, 1.54) is 0 Å². The second-order valence-corrected chi connectivity index (χ2v) is 9.08. The zero-order valence-electron chi connectivity index (χ0n) is 13.0. The first kappa shape index (κ1) is 24.3. The predicted molar refractivity (Wildman–Crippen MR) is 63.5 cm³/mol. The highest BCUT2D eigenvalue weighted by atomic mass is 28.4. The Morgan fingerprint density at radius 2 is 1.41 bits per heavy atom. The number of hydrogen-bond donors (Lipinski definition) is 0. The molecule has 162 valence electrons. The van der Waals surface area contributed by atoms with Crippen molar-refractivity contribution in [3.05, 3.63) is 0 Å². The van der Waals surface area contributed by atoms with Crippen molar-refractivity contribution >= 4 is 8.56 Å². The Morgan fingerprint density at radius 3 is 1.81 bits per heavy atom. The molecule has 0 amide bonds. The summed E-state index contributed by atoms with van der Waals surface area (Å²) in [5, 5.41) is 0. The highest BCUT2D eigenvalue weighted by Crippen LogP contribution is 2.53. The zero-order valence-corrected chi connectivity index (χ0v) is 14.0. The number of halogens is 13. The summed E-state index contributed by atoms with van der Waals surface area (Å²) in [6.45, 7) is 0.401. The van der Waals surface area contributed by atoms with Gasteiger partial charge in [0.05, 0.1) is 0 Å². The van der Waals surface area contributed by atoms with Crippen molar-refractivity contribution in [3.8, 4) is 0 Å². The van der Waals surface area contributed by atoms with Gasteiger partial charge in [-0.1, -0.05) is 0 Å². The number of alkyl halides is 13. The van der Waals surface area contributed by atoms with E-state index in [1.807, 2.05) is 0 Å². The van der Waals surface area contributed by atoms with Gasteiger partial charge in [0.25, 0.3) is 0 Å². The zero-order chi connectivity index (χ0) is 21.7. The van der Waals surface area contributed by atoms with Crippen LogP contribution in [0.1, 0.15) is 12.8 Å². The van der Waals surface area contributed by atoms with Crippen LogP contribution in [-0.4, -0.2) is 51.1 Å². The van der Waals surface area contributed by atoms with Crippen LogP contribution >= 0.6 is 0 Å².